The number of aliphatic imine (C=N–C) groups is 1. The first-order chi connectivity index (χ1) is 16.9. The van der Waals surface area contributed by atoms with Gasteiger partial charge >= 0.3 is 0 Å². The zero-order valence-corrected chi connectivity index (χ0v) is 21.8. The first-order valence-electron chi connectivity index (χ1n) is 12.1. The van der Waals surface area contributed by atoms with Crippen LogP contribution in [0, 0.1) is 18.7 Å². The Morgan fingerprint density at radius 2 is 1.83 bits per heavy atom. The van der Waals surface area contributed by atoms with Crippen molar-refractivity contribution in [2.45, 2.75) is 52.0 Å². The maximum absolute atomic E-state index is 13.6. The highest BCUT2D eigenvalue weighted by molar-refractivity contribution is 5.79. The molecule has 5 rings (SSSR count). The van der Waals surface area contributed by atoms with Crippen molar-refractivity contribution in [3.8, 4) is 11.3 Å². The third-order valence-electron chi connectivity index (χ3n) is 5.84. The molecule has 3 N–H and O–H groups in total. The zero-order chi connectivity index (χ0) is 26.0. The van der Waals surface area contributed by atoms with E-state index < -0.39 is 0 Å². The third-order valence-corrected chi connectivity index (χ3v) is 5.84. The van der Waals surface area contributed by atoms with Crippen molar-refractivity contribution in [2.24, 2.45) is 16.6 Å². The lowest BCUT2D eigenvalue weighted by atomic mass is 9.88. The van der Waals surface area contributed by atoms with Crippen molar-refractivity contribution in [3.63, 3.8) is 0 Å². The molecule has 35 heavy (non-hydrogen) atoms. The molecule has 0 atom stereocenters. The Morgan fingerprint density at radius 1 is 1.17 bits per heavy atom. The fourth-order valence-corrected chi connectivity index (χ4v) is 3.51. The van der Waals surface area contributed by atoms with E-state index >= 15 is 0 Å². The molecule has 7 nitrogen and oxygen atoms in total. The SMILES string of the molecule is C=C.CC1CCC1.CN.CN=CN(C)c1cc(NC2CC2)nc2cc(-c3ccc(F)c(C)c3)nn12. The molecule has 1 aromatic carbocycles. The summed E-state index contributed by atoms with van der Waals surface area (Å²) in [7, 11) is 5.15. The second kappa shape index (κ2) is 13.6. The van der Waals surface area contributed by atoms with Crippen molar-refractivity contribution < 1.29 is 4.39 Å². The van der Waals surface area contributed by atoms with E-state index in [0.717, 1.165) is 34.5 Å². The summed E-state index contributed by atoms with van der Waals surface area (Å²) in [6.45, 7) is 10.1. The van der Waals surface area contributed by atoms with Gasteiger partial charge in [-0.1, -0.05) is 26.2 Å². The monoisotopic (exact) mass is 481 g/mol. The van der Waals surface area contributed by atoms with Gasteiger partial charge in [0, 0.05) is 37.8 Å². The van der Waals surface area contributed by atoms with Gasteiger partial charge in [0.05, 0.1) is 12.0 Å². The van der Waals surface area contributed by atoms with Crippen LogP contribution in [0.4, 0.5) is 16.0 Å². The number of nitrogens with two attached hydrogens (primary N) is 1. The molecule has 8 heteroatoms. The number of halogens is 1. The van der Waals surface area contributed by atoms with E-state index in [0.29, 0.717) is 11.6 Å². The number of hydrogen-bond donors (Lipinski definition) is 2. The van der Waals surface area contributed by atoms with Crippen LogP contribution in [0.1, 0.15) is 44.6 Å². The molecular weight excluding hydrogens is 441 g/mol. The fourth-order valence-electron chi connectivity index (χ4n) is 3.51. The van der Waals surface area contributed by atoms with Gasteiger partial charge in [0.25, 0.3) is 0 Å². The van der Waals surface area contributed by atoms with Gasteiger partial charge in [-0.25, -0.2) is 9.37 Å². The number of fused-ring (bicyclic) bond motifs is 1. The van der Waals surface area contributed by atoms with Crippen molar-refractivity contribution in [1.82, 2.24) is 14.6 Å². The van der Waals surface area contributed by atoms with Crippen LogP contribution >= 0.6 is 0 Å². The van der Waals surface area contributed by atoms with Gasteiger partial charge < -0.3 is 16.0 Å². The van der Waals surface area contributed by atoms with E-state index in [1.165, 1.54) is 45.2 Å². The molecule has 0 bridgehead atoms. The summed E-state index contributed by atoms with van der Waals surface area (Å²) in [6, 6.07) is 9.41. The number of hydrogen-bond acceptors (Lipinski definition) is 5. The Kier molecular flexibility index (Phi) is 10.9. The molecule has 0 spiro atoms. The molecule has 0 saturated heterocycles. The van der Waals surface area contributed by atoms with Gasteiger partial charge in [-0.05, 0) is 56.5 Å². The maximum atomic E-state index is 13.6. The quantitative estimate of drug-likeness (QED) is 0.278. The number of rotatable bonds is 5. The molecular formula is C27H40FN7. The van der Waals surface area contributed by atoms with Crippen LogP contribution in [-0.2, 0) is 0 Å². The highest BCUT2D eigenvalue weighted by atomic mass is 19.1. The number of aryl methyl sites for hydroxylation is 1. The maximum Gasteiger partial charge on any atom is 0.160 e. The molecule has 0 amide bonds. The Morgan fingerprint density at radius 3 is 2.34 bits per heavy atom. The van der Waals surface area contributed by atoms with E-state index in [1.54, 1.807) is 37.0 Å². The first-order valence-corrected chi connectivity index (χ1v) is 12.1. The number of aromatic nitrogens is 3. The minimum Gasteiger partial charge on any atom is -0.367 e. The summed E-state index contributed by atoms with van der Waals surface area (Å²) in [6.07, 6.45) is 8.54. The predicted octanol–water partition coefficient (Wildman–Crippen LogP) is 5.70. The van der Waals surface area contributed by atoms with Gasteiger partial charge in [-0.2, -0.15) is 9.61 Å². The van der Waals surface area contributed by atoms with E-state index in [9.17, 15) is 4.39 Å². The highest BCUT2D eigenvalue weighted by Gasteiger charge is 2.22. The van der Waals surface area contributed by atoms with Crippen LogP contribution < -0.4 is 16.0 Å². The van der Waals surface area contributed by atoms with Gasteiger partial charge in [0.1, 0.15) is 17.5 Å². The smallest absolute Gasteiger partial charge is 0.160 e. The van der Waals surface area contributed by atoms with Crippen molar-refractivity contribution in [1.29, 1.82) is 0 Å². The molecule has 2 heterocycles. The normalized spacial score (nSPS) is 14.6. The van der Waals surface area contributed by atoms with Crippen LogP contribution in [0.2, 0.25) is 0 Å². The second-order valence-electron chi connectivity index (χ2n) is 8.70. The van der Waals surface area contributed by atoms with Crippen molar-refractivity contribution in [2.75, 3.05) is 31.4 Å². The van der Waals surface area contributed by atoms with Crippen molar-refractivity contribution >= 4 is 23.6 Å². The Bertz CT molecular complexity index is 1100. The number of nitrogens with zero attached hydrogens (tertiary/aromatic N) is 5. The van der Waals surface area contributed by atoms with E-state index in [2.05, 4.69) is 41.1 Å². The molecule has 0 unspecified atom stereocenters. The van der Waals surface area contributed by atoms with Gasteiger partial charge in [-0.3, -0.25) is 4.99 Å². The number of benzene rings is 1. The Hall–Kier alpha value is -3.26. The molecule has 0 aliphatic heterocycles. The summed E-state index contributed by atoms with van der Waals surface area (Å²) in [5, 5.41) is 8.13. The summed E-state index contributed by atoms with van der Waals surface area (Å²) < 4.78 is 15.4. The molecule has 3 aromatic rings. The largest absolute Gasteiger partial charge is 0.367 e. The molecule has 2 aliphatic rings. The zero-order valence-electron chi connectivity index (χ0n) is 21.8. The lowest BCUT2D eigenvalue weighted by Gasteiger charge is -2.18. The van der Waals surface area contributed by atoms with E-state index in [1.807, 2.05) is 24.1 Å². The fraction of sp³-hybridized carbons (Fsp3) is 0.444. The van der Waals surface area contributed by atoms with Gasteiger partial charge in [0.2, 0.25) is 0 Å². The number of nitrogens with one attached hydrogen (secondary N) is 1. The van der Waals surface area contributed by atoms with Crippen LogP contribution in [0.5, 0.6) is 0 Å². The average Bonchev–Trinajstić information content (AvgIpc) is 3.57. The molecule has 2 fully saturated rings. The van der Waals surface area contributed by atoms with Gasteiger partial charge in [-0.15, -0.1) is 13.2 Å². The Labute approximate surface area is 209 Å². The first kappa shape index (κ1) is 28.0. The highest BCUT2D eigenvalue weighted by Crippen LogP contribution is 2.29. The topological polar surface area (TPSA) is 83.8 Å². The van der Waals surface area contributed by atoms with Crippen LogP contribution in [0.25, 0.3) is 16.9 Å². The lowest BCUT2D eigenvalue weighted by molar-refractivity contribution is 0.346. The average molecular weight is 482 g/mol. The van der Waals surface area contributed by atoms with Crippen LogP contribution in [0.15, 0.2) is 48.5 Å². The molecule has 2 aliphatic carbocycles. The summed E-state index contributed by atoms with van der Waals surface area (Å²) in [5.41, 5.74) is 7.45. The molecule has 2 aromatic heterocycles. The lowest BCUT2D eigenvalue weighted by Crippen LogP contribution is -2.19. The second-order valence-corrected chi connectivity index (χ2v) is 8.70. The summed E-state index contributed by atoms with van der Waals surface area (Å²) in [5.74, 6) is 2.53. The minimum absolute atomic E-state index is 0.217. The summed E-state index contributed by atoms with van der Waals surface area (Å²) in [4.78, 5) is 10.7. The summed E-state index contributed by atoms with van der Waals surface area (Å²) >= 11 is 0. The molecule has 0 radical (unpaired) electrons. The third kappa shape index (κ3) is 7.62. The molecule has 190 valence electrons. The van der Waals surface area contributed by atoms with Gasteiger partial charge in [0.15, 0.2) is 5.65 Å². The van der Waals surface area contributed by atoms with E-state index in [-0.39, 0.29) is 5.82 Å². The van der Waals surface area contributed by atoms with Crippen LogP contribution in [0.3, 0.4) is 0 Å². The predicted molar refractivity (Wildman–Crippen MR) is 147 cm³/mol. The van der Waals surface area contributed by atoms with Crippen molar-refractivity contribution in [3.05, 3.63) is 54.9 Å². The molecule has 2 saturated carbocycles. The van der Waals surface area contributed by atoms with Crippen LogP contribution in [-0.4, -0.2) is 48.1 Å². The van der Waals surface area contributed by atoms with E-state index in [4.69, 9.17) is 5.10 Å². The standard InChI is InChI=1S/C19H21FN6.C5H10.C2H4.CH5N/c1-12-8-13(4-7-15(12)20)16-9-18-23-17(22-14-5-6-14)10-19(26(18)24-16)25(3)11-21-2;1-5-3-2-4-5;2*1-2/h4,7-11,14H,5-6H2,1-3H3,(H,22,23);5H,2-4H2,1H3;1-2H2;2H2,1H3. The Balaban J connectivity index is 0.000000414. The number of anilines is 2. The minimum atomic E-state index is -0.217.